The van der Waals surface area contributed by atoms with Crippen molar-refractivity contribution < 1.29 is 4.74 Å². The van der Waals surface area contributed by atoms with Gasteiger partial charge in [0, 0.05) is 19.9 Å². The van der Waals surface area contributed by atoms with Crippen LogP contribution in [0.3, 0.4) is 0 Å². The monoisotopic (exact) mass is 223 g/mol. The minimum Gasteiger partial charge on any atom is -0.396 e. The fraction of sp³-hybridized carbons (Fsp3) is 0.583. The van der Waals surface area contributed by atoms with Crippen molar-refractivity contribution in [2.45, 2.75) is 26.8 Å². The third kappa shape index (κ3) is 2.85. The molecule has 0 fully saturated rings. The largest absolute Gasteiger partial charge is 0.396 e. The zero-order valence-electron chi connectivity index (χ0n) is 10.5. The molecule has 0 aliphatic carbocycles. The molecule has 4 nitrogen and oxygen atoms in total. The standard InChI is InChI=1S/C12H21N3O/c1-5-15(10(3)8-16-4)12-11(13)6-9(2)7-14-12/h6-7,10H,5,8,13H2,1-4H3. The number of aromatic nitrogens is 1. The summed E-state index contributed by atoms with van der Waals surface area (Å²) < 4.78 is 5.16. The normalized spacial score (nSPS) is 12.5. The second-order valence-corrected chi connectivity index (χ2v) is 4.02. The molecule has 0 aliphatic rings. The van der Waals surface area contributed by atoms with Crippen LogP contribution in [0.4, 0.5) is 11.5 Å². The average Bonchev–Trinajstić information content (AvgIpc) is 2.22. The third-order valence-electron chi connectivity index (χ3n) is 2.58. The van der Waals surface area contributed by atoms with Crippen molar-refractivity contribution >= 4 is 11.5 Å². The Morgan fingerprint density at radius 3 is 2.75 bits per heavy atom. The van der Waals surface area contributed by atoms with Crippen LogP contribution in [0.2, 0.25) is 0 Å². The van der Waals surface area contributed by atoms with E-state index in [4.69, 9.17) is 10.5 Å². The molecule has 4 heteroatoms. The van der Waals surface area contributed by atoms with Crippen LogP contribution in [0, 0.1) is 6.92 Å². The van der Waals surface area contributed by atoms with Gasteiger partial charge in [0.15, 0.2) is 5.82 Å². The number of ether oxygens (including phenoxy) is 1. The van der Waals surface area contributed by atoms with Gasteiger partial charge in [0.25, 0.3) is 0 Å². The van der Waals surface area contributed by atoms with E-state index in [-0.39, 0.29) is 6.04 Å². The van der Waals surface area contributed by atoms with E-state index in [1.165, 1.54) is 0 Å². The van der Waals surface area contributed by atoms with E-state index in [1.54, 1.807) is 7.11 Å². The molecule has 1 atom stereocenters. The maximum absolute atomic E-state index is 5.99. The first kappa shape index (κ1) is 12.8. The predicted octanol–water partition coefficient (Wildman–Crippen LogP) is 1.83. The maximum atomic E-state index is 5.99. The van der Waals surface area contributed by atoms with E-state index < -0.39 is 0 Å². The van der Waals surface area contributed by atoms with Gasteiger partial charge in [-0.15, -0.1) is 0 Å². The Labute approximate surface area is 97.4 Å². The molecule has 1 heterocycles. The van der Waals surface area contributed by atoms with Gasteiger partial charge in [-0.1, -0.05) is 0 Å². The van der Waals surface area contributed by atoms with Crippen molar-refractivity contribution in [3.63, 3.8) is 0 Å². The van der Waals surface area contributed by atoms with Gasteiger partial charge >= 0.3 is 0 Å². The Morgan fingerprint density at radius 1 is 1.56 bits per heavy atom. The van der Waals surface area contributed by atoms with E-state index >= 15 is 0 Å². The van der Waals surface area contributed by atoms with Gasteiger partial charge in [0.1, 0.15) is 0 Å². The number of hydrogen-bond acceptors (Lipinski definition) is 4. The molecule has 1 unspecified atom stereocenters. The molecule has 1 rings (SSSR count). The van der Waals surface area contributed by atoms with E-state index in [2.05, 4.69) is 23.7 Å². The summed E-state index contributed by atoms with van der Waals surface area (Å²) in [6.45, 7) is 7.72. The average molecular weight is 223 g/mol. The molecular formula is C12H21N3O. The quantitative estimate of drug-likeness (QED) is 0.827. The Morgan fingerprint density at radius 2 is 2.25 bits per heavy atom. The minimum absolute atomic E-state index is 0.271. The highest BCUT2D eigenvalue weighted by atomic mass is 16.5. The Bertz CT molecular complexity index is 341. The number of methoxy groups -OCH3 is 1. The van der Waals surface area contributed by atoms with Crippen LogP contribution in [-0.2, 0) is 4.74 Å². The van der Waals surface area contributed by atoms with Crippen LogP contribution in [0.15, 0.2) is 12.3 Å². The summed E-state index contributed by atoms with van der Waals surface area (Å²) >= 11 is 0. The molecule has 0 aromatic carbocycles. The van der Waals surface area contributed by atoms with Crippen LogP contribution in [0.5, 0.6) is 0 Å². The SMILES string of the molecule is CCN(c1ncc(C)cc1N)C(C)COC. The number of likely N-dealkylation sites (N-methyl/N-ethyl adjacent to an activating group) is 1. The molecule has 0 amide bonds. The smallest absolute Gasteiger partial charge is 0.152 e. The molecule has 0 saturated heterocycles. The van der Waals surface area contributed by atoms with Crippen LogP contribution in [-0.4, -0.2) is 31.3 Å². The molecule has 0 aliphatic heterocycles. The van der Waals surface area contributed by atoms with Crippen molar-refractivity contribution in [2.24, 2.45) is 0 Å². The maximum Gasteiger partial charge on any atom is 0.152 e. The predicted molar refractivity (Wildman–Crippen MR) is 67.7 cm³/mol. The second-order valence-electron chi connectivity index (χ2n) is 4.02. The number of rotatable bonds is 5. The summed E-state index contributed by atoms with van der Waals surface area (Å²) in [5.41, 5.74) is 7.79. The molecule has 0 radical (unpaired) electrons. The Kier molecular flexibility index (Phi) is 4.55. The first-order valence-electron chi connectivity index (χ1n) is 5.57. The number of anilines is 2. The van der Waals surface area contributed by atoms with Gasteiger partial charge in [-0.25, -0.2) is 4.98 Å². The number of nitrogen functional groups attached to an aromatic ring is 1. The number of pyridine rings is 1. The lowest BCUT2D eigenvalue weighted by molar-refractivity contribution is 0.181. The Hall–Kier alpha value is -1.29. The van der Waals surface area contributed by atoms with Crippen LogP contribution in [0.25, 0.3) is 0 Å². The van der Waals surface area contributed by atoms with Crippen molar-refractivity contribution in [3.05, 3.63) is 17.8 Å². The summed E-state index contributed by atoms with van der Waals surface area (Å²) in [7, 11) is 1.70. The van der Waals surface area contributed by atoms with E-state index in [1.807, 2.05) is 19.2 Å². The molecule has 1 aromatic heterocycles. The first-order chi connectivity index (χ1) is 7.60. The highest BCUT2D eigenvalue weighted by molar-refractivity contribution is 5.63. The first-order valence-corrected chi connectivity index (χ1v) is 5.57. The topological polar surface area (TPSA) is 51.4 Å². The molecule has 1 aromatic rings. The van der Waals surface area contributed by atoms with Crippen LogP contribution < -0.4 is 10.6 Å². The zero-order valence-corrected chi connectivity index (χ0v) is 10.5. The molecule has 90 valence electrons. The lowest BCUT2D eigenvalue weighted by Crippen LogP contribution is -2.37. The lowest BCUT2D eigenvalue weighted by Gasteiger charge is -2.29. The van der Waals surface area contributed by atoms with Gasteiger partial charge in [-0.05, 0) is 32.4 Å². The fourth-order valence-corrected chi connectivity index (χ4v) is 1.83. The number of nitrogens with zero attached hydrogens (tertiary/aromatic N) is 2. The number of hydrogen-bond donors (Lipinski definition) is 1. The van der Waals surface area contributed by atoms with Gasteiger partial charge in [0.2, 0.25) is 0 Å². The summed E-state index contributed by atoms with van der Waals surface area (Å²) in [6, 6.07) is 2.22. The number of nitrogens with two attached hydrogens (primary N) is 1. The van der Waals surface area contributed by atoms with Crippen molar-refractivity contribution in [2.75, 3.05) is 30.9 Å². The van der Waals surface area contributed by atoms with Crippen LogP contribution in [0.1, 0.15) is 19.4 Å². The summed E-state index contributed by atoms with van der Waals surface area (Å²) in [6.07, 6.45) is 1.84. The van der Waals surface area contributed by atoms with Gasteiger partial charge < -0.3 is 15.4 Å². The van der Waals surface area contributed by atoms with E-state index in [0.29, 0.717) is 6.61 Å². The molecule has 16 heavy (non-hydrogen) atoms. The molecule has 0 saturated carbocycles. The van der Waals surface area contributed by atoms with Crippen molar-refractivity contribution in [1.29, 1.82) is 0 Å². The minimum atomic E-state index is 0.271. The molecular weight excluding hydrogens is 202 g/mol. The molecule has 0 bridgehead atoms. The summed E-state index contributed by atoms with van der Waals surface area (Å²) in [4.78, 5) is 6.55. The van der Waals surface area contributed by atoms with Crippen molar-refractivity contribution in [3.8, 4) is 0 Å². The summed E-state index contributed by atoms with van der Waals surface area (Å²) in [5, 5.41) is 0. The van der Waals surface area contributed by atoms with Gasteiger partial charge in [-0.3, -0.25) is 0 Å². The highest BCUT2D eigenvalue weighted by Crippen LogP contribution is 2.22. The second kappa shape index (κ2) is 5.70. The van der Waals surface area contributed by atoms with E-state index in [9.17, 15) is 0 Å². The number of aryl methyl sites for hydroxylation is 1. The van der Waals surface area contributed by atoms with Crippen molar-refractivity contribution in [1.82, 2.24) is 4.98 Å². The highest BCUT2D eigenvalue weighted by Gasteiger charge is 2.16. The molecule has 0 spiro atoms. The lowest BCUT2D eigenvalue weighted by atomic mass is 10.2. The van der Waals surface area contributed by atoms with E-state index in [0.717, 1.165) is 23.6 Å². The molecule has 2 N–H and O–H groups in total. The third-order valence-corrected chi connectivity index (χ3v) is 2.58. The Balaban J connectivity index is 2.94. The van der Waals surface area contributed by atoms with Crippen LogP contribution >= 0.6 is 0 Å². The van der Waals surface area contributed by atoms with Gasteiger partial charge in [0.05, 0.1) is 18.3 Å². The summed E-state index contributed by atoms with van der Waals surface area (Å²) in [5.74, 6) is 0.845. The zero-order chi connectivity index (χ0) is 12.1. The van der Waals surface area contributed by atoms with Gasteiger partial charge in [-0.2, -0.15) is 0 Å². The fourth-order valence-electron chi connectivity index (χ4n) is 1.83.